The van der Waals surface area contributed by atoms with Crippen molar-refractivity contribution in [1.82, 2.24) is 15.5 Å². The SMILES string of the molecule is COc1cc2c(c(OC)c1OC)-c1ccc(NCC(=O)Nc3cccc(C(=O)N4CCNC(=O)C4)c3)c(=O)cc1[C@H](NC(C)=O)CC2. The van der Waals surface area contributed by atoms with Crippen LogP contribution in [0.25, 0.3) is 11.1 Å². The van der Waals surface area contributed by atoms with Crippen molar-refractivity contribution in [3.63, 3.8) is 0 Å². The molecule has 2 aliphatic rings. The molecule has 4 amide bonds. The van der Waals surface area contributed by atoms with Gasteiger partial charge < -0.3 is 40.4 Å². The molecular formula is C34H37N5O8. The van der Waals surface area contributed by atoms with E-state index in [0.29, 0.717) is 71.1 Å². The Kier molecular flexibility index (Phi) is 9.93. The van der Waals surface area contributed by atoms with Gasteiger partial charge in [0.1, 0.15) is 0 Å². The molecular weight excluding hydrogens is 606 g/mol. The van der Waals surface area contributed by atoms with E-state index in [1.54, 1.807) is 43.5 Å². The molecule has 1 aliphatic carbocycles. The van der Waals surface area contributed by atoms with Gasteiger partial charge in [-0.1, -0.05) is 12.1 Å². The van der Waals surface area contributed by atoms with Gasteiger partial charge in [-0.15, -0.1) is 0 Å². The number of carbonyl (C=O) groups is 4. The number of aryl methyl sites for hydroxylation is 1. The second-order valence-corrected chi connectivity index (χ2v) is 11.2. The number of carbonyl (C=O) groups excluding carboxylic acids is 4. The lowest BCUT2D eigenvalue weighted by atomic mass is 9.95. The van der Waals surface area contributed by atoms with Gasteiger partial charge in [0.2, 0.25) is 28.9 Å². The third-order valence-electron chi connectivity index (χ3n) is 8.07. The van der Waals surface area contributed by atoms with Crippen molar-refractivity contribution in [2.45, 2.75) is 25.8 Å². The minimum atomic E-state index is -0.470. The highest BCUT2D eigenvalue weighted by atomic mass is 16.5. The molecule has 3 aromatic rings. The van der Waals surface area contributed by atoms with E-state index in [-0.39, 0.29) is 41.9 Å². The van der Waals surface area contributed by atoms with Crippen LogP contribution in [0, 0.1) is 0 Å². The fourth-order valence-electron chi connectivity index (χ4n) is 5.96. The van der Waals surface area contributed by atoms with Crippen molar-refractivity contribution in [1.29, 1.82) is 0 Å². The minimum absolute atomic E-state index is 0.0273. The molecule has 0 aromatic heterocycles. The van der Waals surface area contributed by atoms with Crippen LogP contribution in [0.2, 0.25) is 0 Å². The summed E-state index contributed by atoms with van der Waals surface area (Å²) in [4.78, 5) is 64.7. The van der Waals surface area contributed by atoms with Gasteiger partial charge >= 0.3 is 0 Å². The number of rotatable bonds is 9. The number of methoxy groups -OCH3 is 3. The van der Waals surface area contributed by atoms with E-state index >= 15 is 0 Å². The lowest BCUT2D eigenvalue weighted by molar-refractivity contribution is -0.123. The van der Waals surface area contributed by atoms with Crippen molar-refractivity contribution in [3.05, 3.63) is 75.4 Å². The summed E-state index contributed by atoms with van der Waals surface area (Å²) in [6.07, 6.45) is 1.08. The molecule has 5 rings (SSSR count). The normalized spacial score (nSPS) is 15.2. The van der Waals surface area contributed by atoms with Gasteiger partial charge in [0.25, 0.3) is 5.91 Å². The highest BCUT2D eigenvalue weighted by Gasteiger charge is 2.29. The van der Waals surface area contributed by atoms with Crippen LogP contribution in [0.15, 0.2) is 53.3 Å². The molecule has 47 heavy (non-hydrogen) atoms. The fraction of sp³-hybridized carbons (Fsp3) is 0.324. The van der Waals surface area contributed by atoms with Crippen LogP contribution < -0.4 is 40.9 Å². The third kappa shape index (κ3) is 7.13. The van der Waals surface area contributed by atoms with Crippen molar-refractivity contribution >= 4 is 35.0 Å². The lowest BCUT2D eigenvalue weighted by Gasteiger charge is -2.26. The van der Waals surface area contributed by atoms with Gasteiger partial charge in [-0.25, -0.2) is 0 Å². The van der Waals surface area contributed by atoms with Gasteiger partial charge in [-0.05, 0) is 65.9 Å². The zero-order valence-electron chi connectivity index (χ0n) is 26.7. The summed E-state index contributed by atoms with van der Waals surface area (Å²) in [7, 11) is 4.58. The van der Waals surface area contributed by atoms with E-state index in [1.807, 2.05) is 6.07 Å². The van der Waals surface area contributed by atoms with E-state index in [9.17, 15) is 24.0 Å². The van der Waals surface area contributed by atoms with Gasteiger partial charge in [0, 0.05) is 36.8 Å². The quantitative estimate of drug-likeness (QED) is 0.274. The number of amides is 4. The van der Waals surface area contributed by atoms with E-state index in [0.717, 1.165) is 5.56 Å². The fourth-order valence-corrected chi connectivity index (χ4v) is 5.96. The molecule has 246 valence electrons. The molecule has 1 heterocycles. The van der Waals surface area contributed by atoms with Crippen LogP contribution in [-0.4, -0.2) is 76.0 Å². The summed E-state index contributed by atoms with van der Waals surface area (Å²) in [6.45, 7) is 1.93. The van der Waals surface area contributed by atoms with Crippen LogP contribution in [0.3, 0.4) is 0 Å². The zero-order valence-corrected chi connectivity index (χ0v) is 26.7. The number of ether oxygens (including phenoxy) is 3. The molecule has 13 nitrogen and oxygen atoms in total. The van der Waals surface area contributed by atoms with Crippen LogP contribution in [0.4, 0.5) is 11.4 Å². The molecule has 0 unspecified atom stereocenters. The predicted molar refractivity (Wildman–Crippen MR) is 175 cm³/mol. The zero-order chi connectivity index (χ0) is 33.7. The molecule has 0 radical (unpaired) electrons. The van der Waals surface area contributed by atoms with Crippen LogP contribution >= 0.6 is 0 Å². The summed E-state index contributed by atoms with van der Waals surface area (Å²) in [6, 6.07) is 12.7. The van der Waals surface area contributed by atoms with E-state index in [2.05, 4.69) is 21.3 Å². The highest BCUT2D eigenvalue weighted by molar-refractivity contribution is 5.99. The number of hydrogen-bond acceptors (Lipinski definition) is 9. The number of fused-ring (bicyclic) bond motifs is 3. The monoisotopic (exact) mass is 643 g/mol. The Labute approximate surface area is 271 Å². The molecule has 1 fully saturated rings. The van der Waals surface area contributed by atoms with Crippen molar-refractivity contribution in [2.75, 3.05) is 58.1 Å². The smallest absolute Gasteiger partial charge is 0.254 e. The van der Waals surface area contributed by atoms with E-state index in [4.69, 9.17) is 14.2 Å². The maximum absolute atomic E-state index is 13.5. The predicted octanol–water partition coefficient (Wildman–Crippen LogP) is 2.49. The van der Waals surface area contributed by atoms with E-state index < -0.39 is 11.9 Å². The maximum atomic E-state index is 13.5. The van der Waals surface area contributed by atoms with Gasteiger partial charge in [0.15, 0.2) is 11.5 Å². The molecule has 1 atom stereocenters. The molecule has 0 bridgehead atoms. The first-order valence-electron chi connectivity index (χ1n) is 15.1. The average Bonchev–Trinajstić information content (AvgIpc) is 3.30. The molecule has 13 heteroatoms. The third-order valence-corrected chi connectivity index (χ3v) is 8.07. The Morgan fingerprint density at radius 3 is 2.47 bits per heavy atom. The summed E-state index contributed by atoms with van der Waals surface area (Å²) in [5.74, 6) is 0.104. The van der Waals surface area contributed by atoms with Gasteiger partial charge in [-0.3, -0.25) is 24.0 Å². The second kappa shape index (κ2) is 14.2. The molecule has 0 spiro atoms. The Morgan fingerprint density at radius 2 is 1.77 bits per heavy atom. The lowest BCUT2D eigenvalue weighted by Crippen LogP contribution is -2.49. The van der Waals surface area contributed by atoms with Crippen LogP contribution in [0.5, 0.6) is 17.2 Å². The summed E-state index contributed by atoms with van der Waals surface area (Å²) < 4.78 is 17.0. The molecule has 1 saturated heterocycles. The number of nitrogens with zero attached hydrogens (tertiary/aromatic N) is 1. The Balaban J connectivity index is 1.41. The topological polar surface area (TPSA) is 164 Å². The highest BCUT2D eigenvalue weighted by Crippen LogP contribution is 2.50. The number of benzene rings is 2. The number of nitrogens with one attached hydrogen (secondary N) is 4. The van der Waals surface area contributed by atoms with Crippen molar-refractivity contribution in [3.8, 4) is 28.4 Å². The van der Waals surface area contributed by atoms with Crippen LogP contribution in [-0.2, 0) is 20.8 Å². The Morgan fingerprint density at radius 1 is 0.979 bits per heavy atom. The van der Waals surface area contributed by atoms with E-state index in [1.165, 1.54) is 32.1 Å². The first-order valence-corrected chi connectivity index (χ1v) is 15.1. The summed E-state index contributed by atoms with van der Waals surface area (Å²) >= 11 is 0. The molecule has 3 aromatic carbocycles. The van der Waals surface area contributed by atoms with Gasteiger partial charge in [0.05, 0.1) is 46.1 Å². The number of hydrogen-bond donors (Lipinski definition) is 4. The Hall–Kier alpha value is -5.59. The molecule has 4 N–H and O–H groups in total. The van der Waals surface area contributed by atoms with Crippen molar-refractivity contribution in [2.24, 2.45) is 0 Å². The number of piperazine rings is 1. The first-order chi connectivity index (χ1) is 22.6. The summed E-state index contributed by atoms with van der Waals surface area (Å²) in [5.41, 5.74) is 3.39. The average molecular weight is 644 g/mol. The number of anilines is 2. The second-order valence-electron chi connectivity index (χ2n) is 11.2. The summed E-state index contributed by atoms with van der Waals surface area (Å²) in [5, 5.41) is 11.3. The molecule has 1 aliphatic heterocycles. The largest absolute Gasteiger partial charge is 0.493 e. The van der Waals surface area contributed by atoms with Gasteiger partial charge in [-0.2, -0.15) is 0 Å². The maximum Gasteiger partial charge on any atom is 0.254 e. The van der Waals surface area contributed by atoms with Crippen molar-refractivity contribution < 1.29 is 33.4 Å². The van der Waals surface area contributed by atoms with Crippen LogP contribution in [0.1, 0.15) is 40.9 Å². The first kappa shape index (κ1) is 32.8. The minimum Gasteiger partial charge on any atom is -0.493 e. The Bertz CT molecular complexity index is 1790. The standard InChI is InChI=1S/C34H37N5O8/c1-19(40)37-25-10-8-20-15-28(45-2)32(46-3)33(47-4)31(20)23-9-11-26(27(41)16-24(23)25)36-17-29(42)38-22-7-5-6-21(14-22)34(44)39-13-12-35-30(43)18-39/h5-7,9,11,14-16,25H,8,10,12-13,17-18H2,1-4H3,(H,35,43)(H,36,41)(H,37,40)(H,38,42)/t25-/m1/s1. The molecule has 0 saturated carbocycles.